The number of thiophene rings is 4. The average molecular weight is 657 g/mol. The van der Waals surface area contributed by atoms with Crippen LogP contribution in [0.3, 0.4) is 0 Å². The van der Waals surface area contributed by atoms with Gasteiger partial charge in [0.15, 0.2) is 0 Å². The maximum absolute atomic E-state index is 5.64. The molecule has 4 heterocycles. The summed E-state index contributed by atoms with van der Waals surface area (Å²) >= 11 is 7.45. The molecule has 2 aromatic carbocycles. The lowest BCUT2D eigenvalue weighted by molar-refractivity contribution is 0.0725. The standard InChI is InChI=1S/C37H36O3S4/c1-3-39-22-20-30-12-14-32(41-30)28-8-4-26(5-9-28)27-6-10-29(11-7-27)33-16-17-36(43-33)37-19-18-35(44-37)34-15-13-31(42-34)21-23-40-25-24-38-2/h4-19H,3,20-25H2,1-2H3. The Morgan fingerprint density at radius 2 is 0.818 bits per heavy atom. The van der Waals surface area contributed by atoms with Gasteiger partial charge in [-0.25, -0.2) is 0 Å². The number of hydrogen-bond donors (Lipinski definition) is 0. The fourth-order valence-electron chi connectivity index (χ4n) is 4.93. The van der Waals surface area contributed by atoms with Crippen LogP contribution in [-0.2, 0) is 27.1 Å². The molecule has 6 rings (SSSR count). The molecule has 0 unspecified atom stereocenters. The van der Waals surface area contributed by atoms with E-state index >= 15 is 0 Å². The minimum Gasteiger partial charge on any atom is -0.382 e. The fraction of sp³-hybridized carbons (Fsp3) is 0.243. The molecule has 0 radical (unpaired) electrons. The first-order valence-corrected chi connectivity index (χ1v) is 18.2. The van der Waals surface area contributed by atoms with E-state index in [0.29, 0.717) is 13.2 Å². The van der Waals surface area contributed by atoms with Crippen LogP contribution in [0.5, 0.6) is 0 Å². The average Bonchev–Trinajstić information content (AvgIpc) is 3.88. The summed E-state index contributed by atoms with van der Waals surface area (Å²) in [5.41, 5.74) is 5.00. The molecule has 0 aliphatic heterocycles. The summed E-state index contributed by atoms with van der Waals surface area (Å²) in [6.45, 7) is 5.63. The summed E-state index contributed by atoms with van der Waals surface area (Å²) in [6.07, 6.45) is 1.92. The molecule has 0 saturated carbocycles. The van der Waals surface area contributed by atoms with E-state index in [0.717, 1.165) is 32.7 Å². The van der Waals surface area contributed by atoms with Crippen LogP contribution < -0.4 is 0 Å². The molecule has 0 spiro atoms. The van der Waals surface area contributed by atoms with Crippen LogP contribution in [0.4, 0.5) is 0 Å². The monoisotopic (exact) mass is 656 g/mol. The van der Waals surface area contributed by atoms with E-state index in [9.17, 15) is 0 Å². The highest BCUT2D eigenvalue weighted by Crippen LogP contribution is 2.42. The van der Waals surface area contributed by atoms with E-state index in [4.69, 9.17) is 14.2 Å². The van der Waals surface area contributed by atoms with E-state index in [1.807, 2.05) is 52.3 Å². The first kappa shape index (κ1) is 31.1. The van der Waals surface area contributed by atoms with Crippen LogP contribution in [0.15, 0.2) is 97.1 Å². The minimum atomic E-state index is 0.645. The maximum Gasteiger partial charge on any atom is 0.0700 e. The molecule has 4 aromatic heterocycles. The smallest absolute Gasteiger partial charge is 0.0700 e. The Balaban J connectivity index is 1.07. The highest BCUT2D eigenvalue weighted by atomic mass is 32.1. The highest BCUT2D eigenvalue weighted by Gasteiger charge is 2.11. The lowest BCUT2D eigenvalue weighted by atomic mass is 10.0. The van der Waals surface area contributed by atoms with E-state index in [1.165, 1.54) is 61.3 Å². The summed E-state index contributed by atoms with van der Waals surface area (Å²) in [7, 11) is 1.70. The molecule has 0 atom stereocenters. The zero-order valence-electron chi connectivity index (χ0n) is 25.0. The van der Waals surface area contributed by atoms with Gasteiger partial charge >= 0.3 is 0 Å². The van der Waals surface area contributed by atoms with Crippen molar-refractivity contribution in [3.8, 4) is 51.5 Å². The number of methoxy groups -OCH3 is 1. The molecule has 7 heteroatoms. The number of ether oxygens (including phenoxy) is 3. The van der Waals surface area contributed by atoms with Gasteiger partial charge in [-0.2, -0.15) is 0 Å². The predicted octanol–water partition coefficient (Wildman–Crippen LogP) is 11.1. The third-order valence-electron chi connectivity index (χ3n) is 7.31. The highest BCUT2D eigenvalue weighted by molar-refractivity contribution is 7.27. The molecule has 44 heavy (non-hydrogen) atoms. The maximum atomic E-state index is 5.64. The second-order valence-electron chi connectivity index (χ2n) is 10.3. The second-order valence-corrected chi connectivity index (χ2v) is 14.8. The molecular weight excluding hydrogens is 621 g/mol. The van der Waals surface area contributed by atoms with Gasteiger partial charge in [0.05, 0.1) is 26.4 Å². The van der Waals surface area contributed by atoms with Gasteiger partial charge in [-0.05, 0) is 77.7 Å². The van der Waals surface area contributed by atoms with Gasteiger partial charge in [-0.1, -0.05) is 48.5 Å². The van der Waals surface area contributed by atoms with Gasteiger partial charge in [0.1, 0.15) is 0 Å². The SMILES string of the molecule is CCOCCc1ccc(-c2ccc(-c3ccc(-c4ccc(-c5ccc(-c6ccc(CCOCCOC)s6)s5)s4)cc3)cc2)s1. The molecular formula is C37H36O3S4. The largest absolute Gasteiger partial charge is 0.382 e. The van der Waals surface area contributed by atoms with Crippen molar-refractivity contribution in [2.24, 2.45) is 0 Å². The lowest BCUT2D eigenvalue weighted by Crippen LogP contribution is -2.04. The van der Waals surface area contributed by atoms with Crippen molar-refractivity contribution in [2.45, 2.75) is 19.8 Å². The van der Waals surface area contributed by atoms with Gasteiger partial charge in [0.25, 0.3) is 0 Å². The van der Waals surface area contributed by atoms with Gasteiger partial charge in [0.2, 0.25) is 0 Å². The number of hydrogen-bond acceptors (Lipinski definition) is 7. The van der Waals surface area contributed by atoms with Crippen molar-refractivity contribution in [2.75, 3.05) is 40.1 Å². The normalized spacial score (nSPS) is 11.4. The third kappa shape index (κ3) is 7.85. The molecule has 0 fully saturated rings. The Morgan fingerprint density at radius 1 is 0.409 bits per heavy atom. The van der Waals surface area contributed by atoms with Gasteiger partial charge in [-0.3, -0.25) is 0 Å². The van der Waals surface area contributed by atoms with Crippen molar-refractivity contribution in [3.05, 3.63) is 107 Å². The fourth-order valence-corrected chi connectivity index (χ4v) is 9.11. The van der Waals surface area contributed by atoms with Crippen LogP contribution in [0, 0.1) is 0 Å². The van der Waals surface area contributed by atoms with Crippen LogP contribution >= 0.6 is 45.3 Å². The molecule has 0 N–H and O–H groups in total. The lowest BCUT2D eigenvalue weighted by Gasteiger charge is -2.05. The number of benzene rings is 2. The topological polar surface area (TPSA) is 27.7 Å². The van der Waals surface area contributed by atoms with Gasteiger partial charge < -0.3 is 14.2 Å². The second kappa shape index (κ2) is 15.4. The summed E-state index contributed by atoms with van der Waals surface area (Å²) in [5, 5.41) is 0. The first-order chi connectivity index (χ1) is 21.7. The molecule has 0 aliphatic carbocycles. The summed E-state index contributed by atoms with van der Waals surface area (Å²) in [4.78, 5) is 10.6. The van der Waals surface area contributed by atoms with Crippen molar-refractivity contribution < 1.29 is 14.2 Å². The van der Waals surface area contributed by atoms with Crippen LogP contribution in [-0.4, -0.2) is 40.1 Å². The number of rotatable bonds is 15. The Kier molecular flexibility index (Phi) is 10.9. The van der Waals surface area contributed by atoms with Crippen molar-refractivity contribution in [1.82, 2.24) is 0 Å². The predicted molar refractivity (Wildman–Crippen MR) is 192 cm³/mol. The van der Waals surface area contributed by atoms with E-state index in [-0.39, 0.29) is 0 Å². The molecule has 6 aromatic rings. The molecule has 3 nitrogen and oxygen atoms in total. The minimum absolute atomic E-state index is 0.645. The van der Waals surface area contributed by atoms with E-state index in [2.05, 4.69) is 97.1 Å². The van der Waals surface area contributed by atoms with Gasteiger partial charge in [-0.15, -0.1) is 45.3 Å². The van der Waals surface area contributed by atoms with Crippen molar-refractivity contribution in [3.63, 3.8) is 0 Å². The Hall–Kier alpha value is -2.88. The van der Waals surface area contributed by atoms with Crippen LogP contribution in [0.1, 0.15) is 16.7 Å². The van der Waals surface area contributed by atoms with Crippen LogP contribution in [0.2, 0.25) is 0 Å². The molecule has 0 bridgehead atoms. The zero-order valence-corrected chi connectivity index (χ0v) is 28.3. The van der Waals surface area contributed by atoms with Gasteiger partial charge in [0, 0.05) is 65.6 Å². The van der Waals surface area contributed by atoms with E-state index < -0.39 is 0 Å². The molecule has 0 saturated heterocycles. The Labute approximate surface area is 276 Å². The zero-order chi connectivity index (χ0) is 30.1. The van der Waals surface area contributed by atoms with Crippen molar-refractivity contribution >= 4 is 45.3 Å². The summed E-state index contributed by atoms with van der Waals surface area (Å²) in [6, 6.07) is 35.8. The summed E-state index contributed by atoms with van der Waals surface area (Å²) in [5.74, 6) is 0. The third-order valence-corrected chi connectivity index (χ3v) is 12.3. The summed E-state index contributed by atoms with van der Waals surface area (Å²) < 4.78 is 16.2. The Morgan fingerprint density at radius 3 is 1.39 bits per heavy atom. The molecule has 0 aliphatic rings. The first-order valence-electron chi connectivity index (χ1n) is 14.9. The van der Waals surface area contributed by atoms with Crippen LogP contribution in [0.25, 0.3) is 51.5 Å². The quantitative estimate of drug-likeness (QED) is 0.103. The Bertz CT molecular complexity index is 1740. The molecule has 0 amide bonds. The molecule has 226 valence electrons. The van der Waals surface area contributed by atoms with E-state index in [1.54, 1.807) is 7.11 Å². The van der Waals surface area contributed by atoms with Crippen molar-refractivity contribution in [1.29, 1.82) is 0 Å².